The van der Waals surface area contributed by atoms with Crippen molar-refractivity contribution in [2.75, 3.05) is 0 Å². The Bertz CT molecular complexity index is 1400. The Hall–Kier alpha value is -4.54. The third-order valence-electron chi connectivity index (χ3n) is 5.67. The van der Waals surface area contributed by atoms with Gasteiger partial charge in [0.15, 0.2) is 0 Å². The highest BCUT2D eigenvalue weighted by molar-refractivity contribution is 6.21. The maximum Gasteiger partial charge on any atom is 0.419 e. The lowest BCUT2D eigenvalue weighted by molar-refractivity contribution is -0.383. The molecule has 3 aromatic rings. The molecule has 11 heteroatoms. The zero-order valence-corrected chi connectivity index (χ0v) is 20.0. The zero-order chi connectivity index (χ0) is 26.4. The van der Waals surface area contributed by atoms with Crippen LogP contribution in [0, 0.1) is 10.1 Å². The first-order valence-corrected chi connectivity index (χ1v) is 11.0. The fourth-order valence-corrected chi connectivity index (χ4v) is 4.16. The van der Waals surface area contributed by atoms with E-state index in [9.17, 15) is 29.3 Å². The molecule has 1 aromatic heterocycles. The maximum absolute atomic E-state index is 12.9. The highest BCUT2D eigenvalue weighted by Gasteiger charge is 2.36. The summed E-state index contributed by atoms with van der Waals surface area (Å²) in [6.45, 7) is 6.52. The van der Waals surface area contributed by atoms with Gasteiger partial charge in [-0.25, -0.2) is 9.36 Å². The molecule has 36 heavy (non-hydrogen) atoms. The molecule has 0 radical (unpaired) electrons. The second kappa shape index (κ2) is 8.91. The van der Waals surface area contributed by atoms with Crippen LogP contribution in [0.1, 0.15) is 65.6 Å². The first kappa shape index (κ1) is 24.6. The summed E-state index contributed by atoms with van der Waals surface area (Å²) < 4.78 is 11.5. The smallest absolute Gasteiger partial charge is 0.419 e. The van der Waals surface area contributed by atoms with Crippen molar-refractivity contribution in [2.45, 2.75) is 45.9 Å². The third-order valence-corrected chi connectivity index (χ3v) is 5.67. The molecule has 0 bridgehead atoms. The lowest BCUT2D eigenvalue weighted by Gasteiger charge is -2.19. The molecule has 186 valence electrons. The highest BCUT2D eigenvalue weighted by Crippen LogP contribution is 2.36. The SMILES string of the molecule is CC(OC=O)c1cn(C(=O)OC(C)(C)C)c2c([N+](=O)[O-])cc(CN3C(=O)c4ccccc4C3=O)cc12. The second-order valence-corrected chi connectivity index (χ2v) is 9.32. The van der Waals surface area contributed by atoms with Crippen LogP contribution in [0.3, 0.4) is 0 Å². The molecular formula is C25H23N3O8. The first-order valence-electron chi connectivity index (χ1n) is 11.0. The standard InChI is InChI=1S/C25H23N3O8/c1-14(35-13-29)19-12-26(24(32)36-25(2,3)4)21-18(19)9-15(10-20(21)28(33)34)11-27-22(30)16-7-5-6-8-17(16)23(27)31/h5-10,12-14H,11H2,1-4H3. The van der Waals surface area contributed by atoms with Gasteiger partial charge in [0.25, 0.3) is 24.0 Å². The van der Waals surface area contributed by atoms with Crippen LogP contribution in [-0.4, -0.2) is 44.4 Å². The van der Waals surface area contributed by atoms with Crippen LogP contribution in [0.4, 0.5) is 10.5 Å². The quantitative estimate of drug-likeness (QED) is 0.214. The number of nitro groups is 1. The van der Waals surface area contributed by atoms with Gasteiger partial charge in [-0.1, -0.05) is 12.1 Å². The van der Waals surface area contributed by atoms with Crippen molar-refractivity contribution in [3.63, 3.8) is 0 Å². The van der Waals surface area contributed by atoms with Gasteiger partial charge in [-0.2, -0.15) is 0 Å². The number of hydrogen-bond donors (Lipinski definition) is 0. The van der Waals surface area contributed by atoms with E-state index in [0.717, 1.165) is 9.47 Å². The monoisotopic (exact) mass is 493 g/mol. The molecule has 2 aromatic carbocycles. The van der Waals surface area contributed by atoms with Gasteiger partial charge in [-0.05, 0) is 51.5 Å². The molecule has 1 unspecified atom stereocenters. The molecule has 2 amide bonds. The van der Waals surface area contributed by atoms with E-state index in [-0.39, 0.29) is 40.6 Å². The van der Waals surface area contributed by atoms with Gasteiger partial charge in [0.05, 0.1) is 22.6 Å². The van der Waals surface area contributed by atoms with E-state index in [1.807, 2.05) is 0 Å². The lowest BCUT2D eigenvalue weighted by Crippen LogP contribution is -2.29. The molecule has 11 nitrogen and oxygen atoms in total. The molecule has 0 fully saturated rings. The average Bonchev–Trinajstić information content (AvgIpc) is 3.30. The summed E-state index contributed by atoms with van der Waals surface area (Å²) in [4.78, 5) is 62.0. The molecule has 0 spiro atoms. The van der Waals surface area contributed by atoms with Crippen LogP contribution in [0.25, 0.3) is 10.9 Å². The van der Waals surface area contributed by atoms with Crippen molar-refractivity contribution in [3.05, 3.63) is 75.0 Å². The van der Waals surface area contributed by atoms with Crippen molar-refractivity contribution >= 4 is 41.0 Å². The minimum absolute atomic E-state index is 0.0586. The first-order chi connectivity index (χ1) is 16.9. The van der Waals surface area contributed by atoms with Crippen LogP contribution in [0.15, 0.2) is 42.6 Å². The molecule has 0 saturated carbocycles. The number of nitrogens with zero attached hydrogens (tertiary/aromatic N) is 3. The predicted octanol–water partition coefficient (Wildman–Crippen LogP) is 4.36. The van der Waals surface area contributed by atoms with E-state index in [4.69, 9.17) is 9.47 Å². The van der Waals surface area contributed by atoms with Gasteiger partial charge < -0.3 is 9.47 Å². The minimum atomic E-state index is -0.876. The Kier molecular flexibility index (Phi) is 6.09. The van der Waals surface area contributed by atoms with E-state index < -0.39 is 40.2 Å². The van der Waals surface area contributed by atoms with Crippen LogP contribution < -0.4 is 0 Å². The van der Waals surface area contributed by atoms with Crippen LogP contribution in [0.5, 0.6) is 0 Å². The molecule has 1 aliphatic rings. The number of carbonyl (C=O) groups excluding carboxylic acids is 4. The summed E-state index contributed by atoms with van der Waals surface area (Å²) in [5.41, 5.74) is -0.267. The number of amides is 2. The molecule has 0 aliphatic carbocycles. The summed E-state index contributed by atoms with van der Waals surface area (Å²) in [6, 6.07) is 9.11. The maximum atomic E-state index is 12.9. The van der Waals surface area contributed by atoms with Gasteiger partial charge in [0.2, 0.25) is 0 Å². The summed E-state index contributed by atoms with van der Waals surface area (Å²) in [5, 5.41) is 12.3. The molecule has 0 saturated heterocycles. The number of non-ortho nitro benzene ring substituents is 1. The van der Waals surface area contributed by atoms with Crippen LogP contribution in [-0.2, 0) is 20.8 Å². The van der Waals surface area contributed by atoms with E-state index >= 15 is 0 Å². The van der Waals surface area contributed by atoms with Crippen LogP contribution >= 0.6 is 0 Å². The molecule has 2 heterocycles. The van der Waals surface area contributed by atoms with Crippen molar-refractivity contribution in [1.29, 1.82) is 0 Å². The number of ether oxygens (including phenoxy) is 2. The van der Waals surface area contributed by atoms with E-state index in [1.54, 1.807) is 52.0 Å². The topological polar surface area (TPSA) is 138 Å². The van der Waals surface area contributed by atoms with E-state index in [2.05, 4.69) is 0 Å². The summed E-state index contributed by atoms with van der Waals surface area (Å²) in [5.74, 6) is -1.02. The van der Waals surface area contributed by atoms with Gasteiger partial charge in [-0.3, -0.25) is 29.4 Å². The number of rotatable bonds is 6. The number of hydrogen-bond acceptors (Lipinski definition) is 8. The Morgan fingerprint density at radius 3 is 2.28 bits per heavy atom. The molecule has 1 aliphatic heterocycles. The van der Waals surface area contributed by atoms with Gasteiger partial charge in [0.1, 0.15) is 17.2 Å². The number of carbonyl (C=O) groups is 4. The van der Waals surface area contributed by atoms with E-state index in [0.29, 0.717) is 5.56 Å². The summed E-state index contributed by atoms with van der Waals surface area (Å²) >= 11 is 0. The normalized spacial score (nSPS) is 14.1. The Balaban J connectivity index is 1.87. The predicted molar refractivity (Wildman–Crippen MR) is 126 cm³/mol. The zero-order valence-electron chi connectivity index (χ0n) is 20.0. The molecule has 4 rings (SSSR count). The number of imide groups is 1. The fraction of sp³-hybridized carbons (Fsp3) is 0.280. The second-order valence-electron chi connectivity index (χ2n) is 9.32. The Morgan fingerprint density at radius 1 is 1.14 bits per heavy atom. The van der Waals surface area contributed by atoms with Crippen molar-refractivity contribution < 1.29 is 33.6 Å². The van der Waals surface area contributed by atoms with Gasteiger partial charge in [0, 0.05) is 23.2 Å². The van der Waals surface area contributed by atoms with Crippen molar-refractivity contribution in [2.24, 2.45) is 0 Å². The number of nitro benzene ring substituents is 1. The van der Waals surface area contributed by atoms with E-state index in [1.165, 1.54) is 18.3 Å². The average molecular weight is 493 g/mol. The number of benzene rings is 2. The minimum Gasteiger partial charge on any atom is -0.460 e. The Labute approximate surface area is 205 Å². The van der Waals surface area contributed by atoms with Gasteiger partial charge in [-0.15, -0.1) is 0 Å². The van der Waals surface area contributed by atoms with Gasteiger partial charge >= 0.3 is 6.09 Å². The highest BCUT2D eigenvalue weighted by atomic mass is 16.6. The Morgan fingerprint density at radius 2 is 1.75 bits per heavy atom. The number of aromatic nitrogens is 1. The third kappa shape index (κ3) is 4.30. The molecule has 0 N–H and O–H groups in total. The lowest BCUT2D eigenvalue weighted by atomic mass is 10.0. The molecular weight excluding hydrogens is 470 g/mol. The summed E-state index contributed by atoms with van der Waals surface area (Å²) in [6.07, 6.45) is -0.387. The van der Waals surface area contributed by atoms with Crippen LogP contribution in [0.2, 0.25) is 0 Å². The summed E-state index contributed by atoms with van der Waals surface area (Å²) in [7, 11) is 0. The fourth-order valence-electron chi connectivity index (χ4n) is 4.16. The molecule has 1 atom stereocenters. The largest absolute Gasteiger partial charge is 0.460 e. The van der Waals surface area contributed by atoms with Crippen molar-refractivity contribution in [3.8, 4) is 0 Å². The number of fused-ring (bicyclic) bond motifs is 2. The van der Waals surface area contributed by atoms with Crippen molar-refractivity contribution in [1.82, 2.24) is 9.47 Å².